The van der Waals surface area contributed by atoms with Crippen LogP contribution in [0, 0.1) is 5.82 Å². The Morgan fingerprint density at radius 3 is 2.63 bits per heavy atom. The monoisotopic (exact) mass is 492 g/mol. The molecule has 1 aromatic rings. The van der Waals surface area contributed by atoms with E-state index in [1.807, 2.05) is 13.0 Å². The standard InChI is InChI=1S/C20H33FN4O.HI/c1-5-26-18(9-12-25(3)4)14-23-19(22-2)24-15-20(10-11-20)16-7-6-8-17(21)13-16;/h6-8,13,18H,5,9-12,14-15H2,1-4H3,(H2,22,23,24);1H. The Hall–Kier alpha value is -0.930. The van der Waals surface area contributed by atoms with Gasteiger partial charge in [0.05, 0.1) is 6.10 Å². The Bertz CT molecular complexity index is 593. The summed E-state index contributed by atoms with van der Waals surface area (Å²) in [6.07, 6.45) is 3.27. The molecule has 1 unspecified atom stereocenters. The highest BCUT2D eigenvalue weighted by molar-refractivity contribution is 14.0. The number of nitrogens with one attached hydrogen (secondary N) is 2. The normalized spacial score (nSPS) is 16.6. The molecule has 0 bridgehead atoms. The maximum atomic E-state index is 13.5. The van der Waals surface area contributed by atoms with Crippen LogP contribution >= 0.6 is 24.0 Å². The van der Waals surface area contributed by atoms with E-state index < -0.39 is 0 Å². The molecule has 154 valence electrons. The number of nitrogens with zero attached hydrogens (tertiary/aromatic N) is 2. The van der Waals surface area contributed by atoms with E-state index in [4.69, 9.17) is 4.74 Å². The lowest BCUT2D eigenvalue weighted by atomic mass is 9.96. The fourth-order valence-electron chi connectivity index (χ4n) is 3.10. The molecular formula is C20H34FIN4O. The lowest BCUT2D eigenvalue weighted by molar-refractivity contribution is 0.0548. The quantitative estimate of drug-likeness (QED) is 0.300. The second kappa shape index (κ2) is 11.8. The van der Waals surface area contributed by atoms with Crippen LogP contribution in [0.15, 0.2) is 29.3 Å². The second-order valence-electron chi connectivity index (χ2n) is 7.27. The van der Waals surface area contributed by atoms with Crippen LogP contribution in [0.3, 0.4) is 0 Å². The molecule has 1 atom stereocenters. The highest BCUT2D eigenvalue weighted by Crippen LogP contribution is 2.47. The van der Waals surface area contributed by atoms with Gasteiger partial charge in [0.15, 0.2) is 5.96 Å². The predicted octanol–water partition coefficient (Wildman–Crippen LogP) is 3.00. The van der Waals surface area contributed by atoms with Crippen molar-refractivity contribution in [3.8, 4) is 0 Å². The van der Waals surface area contributed by atoms with Gasteiger partial charge in [-0.2, -0.15) is 0 Å². The second-order valence-corrected chi connectivity index (χ2v) is 7.27. The molecule has 5 nitrogen and oxygen atoms in total. The van der Waals surface area contributed by atoms with E-state index >= 15 is 0 Å². The molecule has 0 spiro atoms. The maximum absolute atomic E-state index is 13.5. The van der Waals surface area contributed by atoms with Crippen LogP contribution in [0.4, 0.5) is 4.39 Å². The number of hydrogen-bond acceptors (Lipinski definition) is 3. The topological polar surface area (TPSA) is 48.9 Å². The maximum Gasteiger partial charge on any atom is 0.191 e. The molecule has 2 N–H and O–H groups in total. The molecule has 2 rings (SSSR count). The zero-order valence-corrected chi connectivity index (χ0v) is 19.3. The molecule has 1 fully saturated rings. The van der Waals surface area contributed by atoms with Gasteiger partial charge in [0.1, 0.15) is 5.82 Å². The predicted molar refractivity (Wildman–Crippen MR) is 121 cm³/mol. The minimum Gasteiger partial charge on any atom is -0.377 e. The van der Waals surface area contributed by atoms with Gasteiger partial charge < -0.3 is 20.3 Å². The summed E-state index contributed by atoms with van der Waals surface area (Å²) in [6.45, 7) is 5.18. The summed E-state index contributed by atoms with van der Waals surface area (Å²) >= 11 is 0. The van der Waals surface area contributed by atoms with E-state index in [0.29, 0.717) is 13.2 Å². The molecule has 1 aliphatic rings. The van der Waals surface area contributed by atoms with Gasteiger partial charge in [0.25, 0.3) is 0 Å². The van der Waals surface area contributed by atoms with Crippen molar-refractivity contribution in [2.45, 2.75) is 37.7 Å². The van der Waals surface area contributed by atoms with Gasteiger partial charge in [-0.15, -0.1) is 24.0 Å². The van der Waals surface area contributed by atoms with E-state index in [0.717, 1.165) is 43.9 Å². The van der Waals surface area contributed by atoms with Crippen molar-refractivity contribution >= 4 is 29.9 Å². The first-order chi connectivity index (χ1) is 12.5. The lowest BCUT2D eigenvalue weighted by Gasteiger charge is -2.22. The molecule has 0 heterocycles. The number of guanidine groups is 1. The fraction of sp³-hybridized carbons (Fsp3) is 0.650. The average molecular weight is 492 g/mol. The Labute approximate surface area is 180 Å². The van der Waals surface area contributed by atoms with E-state index in [-0.39, 0.29) is 41.3 Å². The van der Waals surface area contributed by atoms with Crippen molar-refractivity contribution in [3.05, 3.63) is 35.6 Å². The summed E-state index contributed by atoms with van der Waals surface area (Å²) < 4.78 is 19.3. The summed E-state index contributed by atoms with van der Waals surface area (Å²) in [4.78, 5) is 6.47. The minimum atomic E-state index is -0.170. The number of hydrogen-bond donors (Lipinski definition) is 2. The van der Waals surface area contributed by atoms with Crippen molar-refractivity contribution < 1.29 is 9.13 Å². The zero-order valence-electron chi connectivity index (χ0n) is 16.9. The average Bonchev–Trinajstić information content (AvgIpc) is 3.40. The summed E-state index contributed by atoms with van der Waals surface area (Å²) in [7, 11) is 5.91. The van der Waals surface area contributed by atoms with Crippen LogP contribution in [0.2, 0.25) is 0 Å². The molecule has 1 aliphatic carbocycles. The van der Waals surface area contributed by atoms with Gasteiger partial charge in [-0.3, -0.25) is 4.99 Å². The third-order valence-electron chi connectivity index (χ3n) is 4.91. The Morgan fingerprint density at radius 1 is 1.33 bits per heavy atom. The van der Waals surface area contributed by atoms with Gasteiger partial charge in [-0.1, -0.05) is 12.1 Å². The first-order valence-corrected chi connectivity index (χ1v) is 9.46. The molecule has 0 saturated heterocycles. The summed E-state index contributed by atoms with van der Waals surface area (Å²) in [5.41, 5.74) is 1.10. The first-order valence-electron chi connectivity index (χ1n) is 9.46. The smallest absolute Gasteiger partial charge is 0.191 e. The highest BCUT2D eigenvalue weighted by atomic mass is 127. The number of rotatable bonds is 10. The molecule has 1 saturated carbocycles. The lowest BCUT2D eigenvalue weighted by Crippen LogP contribution is -2.44. The van der Waals surface area contributed by atoms with Crippen molar-refractivity contribution in [2.75, 3.05) is 47.4 Å². The highest BCUT2D eigenvalue weighted by Gasteiger charge is 2.44. The van der Waals surface area contributed by atoms with Crippen LogP contribution < -0.4 is 10.6 Å². The van der Waals surface area contributed by atoms with Gasteiger partial charge in [0.2, 0.25) is 0 Å². The Morgan fingerprint density at radius 2 is 2.07 bits per heavy atom. The molecular weight excluding hydrogens is 458 g/mol. The van der Waals surface area contributed by atoms with Gasteiger partial charge in [0, 0.05) is 38.7 Å². The fourth-order valence-corrected chi connectivity index (χ4v) is 3.10. The largest absolute Gasteiger partial charge is 0.377 e. The molecule has 7 heteroatoms. The van der Waals surface area contributed by atoms with E-state index in [9.17, 15) is 4.39 Å². The van der Waals surface area contributed by atoms with Gasteiger partial charge >= 0.3 is 0 Å². The van der Waals surface area contributed by atoms with Crippen LogP contribution in [-0.4, -0.2) is 64.3 Å². The van der Waals surface area contributed by atoms with E-state index in [1.165, 1.54) is 6.07 Å². The third kappa shape index (κ3) is 7.91. The Balaban J connectivity index is 0.00000364. The minimum absolute atomic E-state index is 0. The van der Waals surface area contributed by atoms with Crippen molar-refractivity contribution in [2.24, 2.45) is 4.99 Å². The van der Waals surface area contributed by atoms with Gasteiger partial charge in [-0.25, -0.2) is 4.39 Å². The first kappa shape index (κ1) is 24.1. The molecule has 27 heavy (non-hydrogen) atoms. The van der Waals surface area contributed by atoms with Crippen LogP contribution in [-0.2, 0) is 10.2 Å². The van der Waals surface area contributed by atoms with Crippen molar-refractivity contribution in [1.82, 2.24) is 15.5 Å². The number of halogens is 2. The van der Waals surface area contributed by atoms with Gasteiger partial charge in [-0.05, 0) is 58.0 Å². The summed E-state index contributed by atoms with van der Waals surface area (Å²) in [6, 6.07) is 6.95. The summed E-state index contributed by atoms with van der Waals surface area (Å²) in [5, 5.41) is 6.77. The van der Waals surface area contributed by atoms with Crippen molar-refractivity contribution in [1.29, 1.82) is 0 Å². The molecule has 0 amide bonds. The molecule has 0 aromatic heterocycles. The number of aliphatic imine (C=N–C) groups is 1. The van der Waals surface area contributed by atoms with E-state index in [2.05, 4.69) is 34.6 Å². The summed E-state index contributed by atoms with van der Waals surface area (Å²) in [5.74, 6) is 0.596. The third-order valence-corrected chi connectivity index (χ3v) is 4.91. The van der Waals surface area contributed by atoms with Crippen LogP contribution in [0.5, 0.6) is 0 Å². The zero-order chi connectivity index (χ0) is 19.0. The number of benzene rings is 1. The van der Waals surface area contributed by atoms with Crippen LogP contribution in [0.1, 0.15) is 31.7 Å². The molecule has 0 aliphatic heterocycles. The van der Waals surface area contributed by atoms with E-state index in [1.54, 1.807) is 19.2 Å². The van der Waals surface area contributed by atoms with Crippen molar-refractivity contribution in [3.63, 3.8) is 0 Å². The molecule has 1 aromatic carbocycles. The SMILES string of the molecule is CCOC(CCN(C)C)CNC(=NC)NCC1(c2cccc(F)c2)CC1.I. The van der Waals surface area contributed by atoms with Crippen LogP contribution in [0.25, 0.3) is 0 Å². The molecule has 0 radical (unpaired) electrons. The Kier molecular flexibility index (Phi) is 10.5. The number of ether oxygens (including phenoxy) is 1.